The van der Waals surface area contributed by atoms with Crippen molar-refractivity contribution in [1.82, 2.24) is 24.9 Å². The molecular formula is C56H33N5OS. The van der Waals surface area contributed by atoms with Crippen LogP contribution in [0.2, 0.25) is 0 Å². The lowest BCUT2D eigenvalue weighted by Crippen LogP contribution is -2.32. The molecular weight excluding hydrogens is 791 g/mol. The summed E-state index contributed by atoms with van der Waals surface area (Å²) in [5, 5.41) is 1.13. The molecule has 0 atom stereocenters. The van der Waals surface area contributed by atoms with Crippen molar-refractivity contribution in [2.24, 2.45) is 0 Å². The predicted octanol–water partition coefficient (Wildman–Crippen LogP) is 13.8. The van der Waals surface area contributed by atoms with Gasteiger partial charge in [-0.2, -0.15) is 0 Å². The Bertz CT molecular complexity index is 3500. The number of hydrogen-bond acceptors (Lipinski definition) is 7. The molecule has 0 unspecified atom stereocenters. The molecule has 3 aromatic heterocycles. The summed E-state index contributed by atoms with van der Waals surface area (Å²) >= 11 is 1.74. The SMILES string of the molecule is c1ccc(-c2nc(-c3ccccc3)nc(-c3cccc4c3-c3ccc(-c5nc(-c6ccccc6)c6sc7ccccc7c6n5)cc3C43c4ccccc4Oc4ccccc43)n2)cc1. The van der Waals surface area contributed by atoms with E-state index in [2.05, 4.69) is 121 Å². The topological polar surface area (TPSA) is 73.7 Å². The maximum Gasteiger partial charge on any atom is 0.164 e. The van der Waals surface area contributed by atoms with Crippen LogP contribution in [-0.2, 0) is 5.41 Å². The van der Waals surface area contributed by atoms with Crippen molar-refractivity contribution >= 4 is 31.6 Å². The molecule has 0 fully saturated rings. The molecule has 0 amide bonds. The highest BCUT2D eigenvalue weighted by Gasteiger charge is 2.52. The molecule has 4 heterocycles. The lowest BCUT2D eigenvalue weighted by Gasteiger charge is -2.39. The second-order valence-corrected chi connectivity index (χ2v) is 17.0. The molecule has 13 rings (SSSR count). The van der Waals surface area contributed by atoms with E-state index in [1.165, 1.54) is 4.70 Å². The molecule has 6 nitrogen and oxygen atoms in total. The smallest absolute Gasteiger partial charge is 0.164 e. The van der Waals surface area contributed by atoms with E-state index < -0.39 is 5.41 Å². The van der Waals surface area contributed by atoms with Gasteiger partial charge in [-0.1, -0.05) is 176 Å². The van der Waals surface area contributed by atoms with E-state index in [9.17, 15) is 0 Å². The van der Waals surface area contributed by atoms with Gasteiger partial charge in [0.25, 0.3) is 0 Å². The number of para-hydroxylation sites is 2. The van der Waals surface area contributed by atoms with Crippen molar-refractivity contribution in [3.8, 4) is 79.4 Å². The molecule has 1 spiro atoms. The minimum atomic E-state index is -0.763. The lowest BCUT2D eigenvalue weighted by atomic mass is 9.66. The molecule has 0 bridgehead atoms. The Morgan fingerprint density at radius 3 is 1.62 bits per heavy atom. The summed E-state index contributed by atoms with van der Waals surface area (Å²) in [4.78, 5) is 26.4. The Balaban J connectivity index is 1.11. The molecule has 294 valence electrons. The van der Waals surface area contributed by atoms with Gasteiger partial charge in [-0.3, -0.25) is 0 Å². The fraction of sp³-hybridized carbons (Fsp3) is 0.0179. The van der Waals surface area contributed by atoms with Crippen LogP contribution in [-0.4, -0.2) is 24.9 Å². The van der Waals surface area contributed by atoms with Crippen LogP contribution in [0.15, 0.2) is 200 Å². The van der Waals surface area contributed by atoms with Gasteiger partial charge in [-0.25, -0.2) is 24.9 Å². The molecule has 11 aromatic rings. The van der Waals surface area contributed by atoms with Gasteiger partial charge in [0, 0.05) is 49.0 Å². The second-order valence-electron chi connectivity index (χ2n) is 15.9. The van der Waals surface area contributed by atoms with E-state index in [4.69, 9.17) is 29.7 Å². The van der Waals surface area contributed by atoms with Gasteiger partial charge in [-0.15, -0.1) is 11.3 Å². The molecule has 7 heteroatoms. The molecule has 0 radical (unpaired) electrons. The number of fused-ring (bicyclic) bond motifs is 12. The third-order valence-electron chi connectivity index (χ3n) is 12.4. The number of ether oxygens (including phenoxy) is 1. The average molecular weight is 824 g/mol. The van der Waals surface area contributed by atoms with Crippen molar-refractivity contribution in [1.29, 1.82) is 0 Å². The maximum atomic E-state index is 6.74. The summed E-state index contributed by atoms with van der Waals surface area (Å²) < 4.78 is 9.01. The normalized spacial score (nSPS) is 13.0. The van der Waals surface area contributed by atoms with E-state index >= 15 is 0 Å². The summed E-state index contributed by atoms with van der Waals surface area (Å²) in [6.07, 6.45) is 0. The van der Waals surface area contributed by atoms with Crippen LogP contribution >= 0.6 is 11.3 Å². The molecule has 1 aliphatic heterocycles. The summed E-state index contributed by atoms with van der Waals surface area (Å²) in [6, 6.07) is 69.4. The van der Waals surface area contributed by atoms with Crippen LogP contribution in [0.4, 0.5) is 0 Å². The van der Waals surface area contributed by atoms with Gasteiger partial charge in [0.1, 0.15) is 11.5 Å². The number of rotatable bonds is 5. The Morgan fingerprint density at radius 2 is 0.937 bits per heavy atom. The van der Waals surface area contributed by atoms with Gasteiger partial charge in [0.15, 0.2) is 23.3 Å². The number of nitrogens with zero attached hydrogens (tertiary/aromatic N) is 5. The zero-order valence-corrected chi connectivity index (χ0v) is 34.4. The first-order valence-electron chi connectivity index (χ1n) is 21.0. The highest BCUT2D eigenvalue weighted by Crippen LogP contribution is 2.63. The standard InChI is InChI=1S/C56H33N5OS/c1-4-17-34(18-5-1)49-51-50(39-23-10-15-30-47(39)63-51)58-54(57-49)37-31-32-38-44(33-37)56(41-25-11-13-28-45(41)62-46-29-14-12-26-42(46)56)43-27-16-24-40(48(38)43)55-60-52(35-19-6-2-7-20-35)59-53(61-55)36-21-8-3-9-22-36/h1-33H. The highest BCUT2D eigenvalue weighted by molar-refractivity contribution is 7.26. The molecule has 0 N–H and O–H groups in total. The van der Waals surface area contributed by atoms with E-state index in [0.717, 1.165) is 94.0 Å². The van der Waals surface area contributed by atoms with Crippen molar-refractivity contribution < 1.29 is 4.74 Å². The van der Waals surface area contributed by atoms with Gasteiger partial charge >= 0.3 is 0 Å². The van der Waals surface area contributed by atoms with Gasteiger partial charge in [0.2, 0.25) is 0 Å². The van der Waals surface area contributed by atoms with Gasteiger partial charge in [0.05, 0.1) is 21.3 Å². The summed E-state index contributed by atoms with van der Waals surface area (Å²) in [6.45, 7) is 0. The minimum Gasteiger partial charge on any atom is -0.457 e. The Morgan fingerprint density at radius 1 is 0.381 bits per heavy atom. The fourth-order valence-corrected chi connectivity index (χ4v) is 10.9. The Labute approximate surface area is 366 Å². The van der Waals surface area contributed by atoms with Gasteiger partial charge in [-0.05, 0) is 46.5 Å². The first-order valence-corrected chi connectivity index (χ1v) is 21.8. The summed E-state index contributed by atoms with van der Waals surface area (Å²) in [5.74, 6) is 4.14. The second kappa shape index (κ2) is 14.0. The molecule has 0 saturated carbocycles. The Kier molecular flexibility index (Phi) is 7.89. The molecule has 63 heavy (non-hydrogen) atoms. The zero-order chi connectivity index (χ0) is 41.5. The van der Waals surface area contributed by atoms with E-state index in [1.807, 2.05) is 78.9 Å². The molecule has 2 aliphatic rings. The van der Waals surface area contributed by atoms with E-state index in [1.54, 1.807) is 11.3 Å². The average Bonchev–Trinajstić information content (AvgIpc) is 3.88. The third-order valence-corrected chi connectivity index (χ3v) is 13.6. The highest BCUT2D eigenvalue weighted by atomic mass is 32.1. The largest absolute Gasteiger partial charge is 0.457 e. The quantitative estimate of drug-likeness (QED) is 0.172. The van der Waals surface area contributed by atoms with Crippen LogP contribution < -0.4 is 4.74 Å². The van der Waals surface area contributed by atoms with Crippen LogP contribution in [0.3, 0.4) is 0 Å². The summed E-state index contributed by atoms with van der Waals surface area (Å²) in [5.41, 5.74) is 12.4. The summed E-state index contributed by atoms with van der Waals surface area (Å²) in [7, 11) is 0. The fourth-order valence-electron chi connectivity index (χ4n) is 9.71. The monoisotopic (exact) mass is 823 g/mol. The number of aromatic nitrogens is 5. The van der Waals surface area contributed by atoms with Crippen LogP contribution in [0, 0.1) is 0 Å². The minimum absolute atomic E-state index is 0.603. The predicted molar refractivity (Wildman–Crippen MR) is 253 cm³/mol. The van der Waals surface area contributed by atoms with Gasteiger partial charge < -0.3 is 4.74 Å². The zero-order valence-electron chi connectivity index (χ0n) is 33.6. The first-order chi connectivity index (χ1) is 31.2. The van der Waals surface area contributed by atoms with Crippen molar-refractivity contribution in [3.05, 3.63) is 222 Å². The number of hydrogen-bond donors (Lipinski definition) is 0. The molecule has 8 aromatic carbocycles. The maximum absolute atomic E-state index is 6.74. The van der Waals surface area contributed by atoms with Crippen LogP contribution in [0.5, 0.6) is 11.5 Å². The van der Waals surface area contributed by atoms with Crippen molar-refractivity contribution in [3.63, 3.8) is 0 Å². The van der Waals surface area contributed by atoms with Crippen LogP contribution in [0.25, 0.3) is 88.2 Å². The Hall–Kier alpha value is -8.13. The number of thiophene rings is 1. The molecule has 1 aliphatic carbocycles. The van der Waals surface area contributed by atoms with Crippen molar-refractivity contribution in [2.75, 3.05) is 0 Å². The number of benzene rings is 8. The van der Waals surface area contributed by atoms with E-state index in [0.29, 0.717) is 23.3 Å². The molecule has 0 saturated heterocycles. The third kappa shape index (κ3) is 5.40. The van der Waals surface area contributed by atoms with Crippen LogP contribution in [0.1, 0.15) is 22.3 Å². The lowest BCUT2D eigenvalue weighted by molar-refractivity contribution is 0.436. The first kappa shape index (κ1) is 35.6. The van der Waals surface area contributed by atoms with Crippen molar-refractivity contribution in [2.45, 2.75) is 5.41 Å². The van der Waals surface area contributed by atoms with E-state index in [-0.39, 0.29) is 0 Å².